The summed E-state index contributed by atoms with van der Waals surface area (Å²) in [5, 5.41) is 12.8. The summed E-state index contributed by atoms with van der Waals surface area (Å²) in [5.41, 5.74) is 1.23. The quantitative estimate of drug-likeness (QED) is 0.736. The molecular weight excluding hydrogens is 178 g/mol. The van der Waals surface area contributed by atoms with Gasteiger partial charge in [-0.1, -0.05) is 30.3 Å². The third-order valence-corrected chi connectivity index (χ3v) is 2.46. The first-order valence-electron chi connectivity index (χ1n) is 4.89. The molecule has 0 bridgehead atoms. The smallest absolute Gasteiger partial charge is 0.0948 e. The Morgan fingerprint density at radius 1 is 1.29 bits per heavy atom. The minimum atomic E-state index is -0.362. The number of aliphatic hydroxyl groups excluding tert-OH is 1. The standard InChI is InChI=1S/C11H15NO2/c13-11-8-14-7-10(11)12-6-9-4-2-1-3-5-9/h1-5,10-13H,6-8H2/t10-,11+/m1/s1. The molecule has 1 aliphatic heterocycles. The van der Waals surface area contributed by atoms with Crippen LogP contribution in [0.15, 0.2) is 30.3 Å². The molecule has 0 aliphatic carbocycles. The first kappa shape index (κ1) is 9.65. The second kappa shape index (κ2) is 4.55. The van der Waals surface area contributed by atoms with Gasteiger partial charge in [0.05, 0.1) is 25.4 Å². The van der Waals surface area contributed by atoms with Crippen LogP contribution >= 0.6 is 0 Å². The lowest BCUT2D eigenvalue weighted by molar-refractivity contribution is 0.122. The molecule has 0 radical (unpaired) electrons. The molecule has 0 aromatic heterocycles. The summed E-state index contributed by atoms with van der Waals surface area (Å²) >= 11 is 0. The Kier molecular flexibility index (Phi) is 3.14. The highest BCUT2D eigenvalue weighted by atomic mass is 16.5. The van der Waals surface area contributed by atoms with Crippen LogP contribution in [0, 0.1) is 0 Å². The van der Waals surface area contributed by atoms with E-state index in [-0.39, 0.29) is 12.1 Å². The molecule has 1 saturated heterocycles. The van der Waals surface area contributed by atoms with Gasteiger partial charge in [0.2, 0.25) is 0 Å². The van der Waals surface area contributed by atoms with Gasteiger partial charge in [0, 0.05) is 6.54 Å². The molecule has 0 amide bonds. The average Bonchev–Trinajstić information content (AvgIpc) is 2.63. The van der Waals surface area contributed by atoms with Crippen LogP contribution in [0.1, 0.15) is 5.56 Å². The van der Waals surface area contributed by atoms with E-state index in [1.807, 2.05) is 18.2 Å². The summed E-state index contributed by atoms with van der Waals surface area (Å²) in [5.74, 6) is 0. The van der Waals surface area contributed by atoms with E-state index in [9.17, 15) is 5.11 Å². The highest BCUT2D eigenvalue weighted by Crippen LogP contribution is 2.06. The van der Waals surface area contributed by atoms with E-state index in [0.29, 0.717) is 13.2 Å². The van der Waals surface area contributed by atoms with Crippen LogP contribution in [0.25, 0.3) is 0 Å². The summed E-state index contributed by atoms with van der Waals surface area (Å²) in [6, 6.07) is 10.2. The van der Waals surface area contributed by atoms with E-state index in [2.05, 4.69) is 17.4 Å². The monoisotopic (exact) mass is 193 g/mol. The molecule has 3 nitrogen and oxygen atoms in total. The molecule has 2 N–H and O–H groups in total. The van der Waals surface area contributed by atoms with E-state index in [1.54, 1.807) is 0 Å². The van der Waals surface area contributed by atoms with E-state index >= 15 is 0 Å². The number of aliphatic hydroxyl groups is 1. The first-order valence-corrected chi connectivity index (χ1v) is 4.89. The second-order valence-corrected chi connectivity index (χ2v) is 3.58. The van der Waals surface area contributed by atoms with Crippen LogP contribution in [-0.4, -0.2) is 30.5 Å². The van der Waals surface area contributed by atoms with Gasteiger partial charge < -0.3 is 15.2 Å². The molecule has 0 unspecified atom stereocenters. The fourth-order valence-electron chi connectivity index (χ4n) is 1.58. The highest BCUT2D eigenvalue weighted by Gasteiger charge is 2.25. The molecule has 76 valence electrons. The van der Waals surface area contributed by atoms with E-state index in [0.717, 1.165) is 6.54 Å². The van der Waals surface area contributed by atoms with Crippen molar-refractivity contribution in [1.29, 1.82) is 0 Å². The molecule has 14 heavy (non-hydrogen) atoms. The highest BCUT2D eigenvalue weighted by molar-refractivity contribution is 5.14. The van der Waals surface area contributed by atoms with Gasteiger partial charge in [-0.3, -0.25) is 0 Å². The minimum absolute atomic E-state index is 0.0789. The fraction of sp³-hybridized carbons (Fsp3) is 0.455. The first-order chi connectivity index (χ1) is 6.86. The maximum Gasteiger partial charge on any atom is 0.0948 e. The maximum atomic E-state index is 9.48. The van der Waals surface area contributed by atoms with E-state index in [1.165, 1.54) is 5.56 Å². The fourth-order valence-corrected chi connectivity index (χ4v) is 1.58. The van der Waals surface area contributed by atoms with E-state index < -0.39 is 0 Å². The van der Waals surface area contributed by atoms with Crippen molar-refractivity contribution in [3.63, 3.8) is 0 Å². The summed E-state index contributed by atoms with van der Waals surface area (Å²) in [7, 11) is 0. The molecule has 2 atom stereocenters. The Balaban J connectivity index is 1.82. The summed E-state index contributed by atoms with van der Waals surface area (Å²) < 4.78 is 5.15. The number of nitrogens with one attached hydrogen (secondary N) is 1. The SMILES string of the molecule is O[C@H]1COC[C@H]1NCc1ccccc1. The van der Waals surface area contributed by atoms with Crippen molar-refractivity contribution in [2.45, 2.75) is 18.7 Å². The van der Waals surface area contributed by atoms with Crippen molar-refractivity contribution in [3.8, 4) is 0 Å². The lowest BCUT2D eigenvalue weighted by Gasteiger charge is -2.14. The van der Waals surface area contributed by atoms with Gasteiger partial charge in [0.15, 0.2) is 0 Å². The summed E-state index contributed by atoms with van der Waals surface area (Å²) in [4.78, 5) is 0. The molecule has 1 heterocycles. The number of benzene rings is 1. The molecule has 3 heteroatoms. The van der Waals surface area contributed by atoms with Gasteiger partial charge >= 0.3 is 0 Å². The zero-order chi connectivity index (χ0) is 9.80. The third-order valence-electron chi connectivity index (χ3n) is 2.46. The van der Waals surface area contributed by atoms with Crippen LogP contribution in [0.5, 0.6) is 0 Å². The number of hydrogen-bond donors (Lipinski definition) is 2. The molecule has 1 aromatic carbocycles. The van der Waals surface area contributed by atoms with Crippen molar-refractivity contribution < 1.29 is 9.84 Å². The predicted octanol–water partition coefficient (Wildman–Crippen LogP) is 0.536. The lowest BCUT2D eigenvalue weighted by atomic mass is 10.2. The normalized spacial score (nSPS) is 26.6. The van der Waals surface area contributed by atoms with Gasteiger partial charge in [-0.25, -0.2) is 0 Å². The Morgan fingerprint density at radius 2 is 2.07 bits per heavy atom. The number of ether oxygens (including phenoxy) is 1. The van der Waals surface area contributed by atoms with Crippen molar-refractivity contribution in [1.82, 2.24) is 5.32 Å². The topological polar surface area (TPSA) is 41.5 Å². The Labute approximate surface area is 83.7 Å². The van der Waals surface area contributed by atoms with Gasteiger partial charge in [0.1, 0.15) is 0 Å². The molecule has 1 aromatic rings. The lowest BCUT2D eigenvalue weighted by Crippen LogP contribution is -2.38. The number of hydrogen-bond acceptors (Lipinski definition) is 3. The molecule has 1 aliphatic rings. The van der Waals surface area contributed by atoms with Crippen LogP contribution in [0.3, 0.4) is 0 Å². The average molecular weight is 193 g/mol. The van der Waals surface area contributed by atoms with Crippen molar-refractivity contribution >= 4 is 0 Å². The van der Waals surface area contributed by atoms with Crippen LogP contribution < -0.4 is 5.32 Å². The molecular formula is C11H15NO2. The predicted molar refractivity (Wildman–Crippen MR) is 53.9 cm³/mol. The summed E-state index contributed by atoms with van der Waals surface area (Å²) in [6.07, 6.45) is -0.362. The zero-order valence-electron chi connectivity index (χ0n) is 8.02. The van der Waals surface area contributed by atoms with Gasteiger partial charge in [-0.15, -0.1) is 0 Å². The zero-order valence-corrected chi connectivity index (χ0v) is 8.02. The minimum Gasteiger partial charge on any atom is -0.389 e. The Hall–Kier alpha value is -0.900. The number of rotatable bonds is 3. The van der Waals surface area contributed by atoms with Gasteiger partial charge in [-0.2, -0.15) is 0 Å². The van der Waals surface area contributed by atoms with E-state index in [4.69, 9.17) is 4.74 Å². The van der Waals surface area contributed by atoms with Crippen LogP contribution in [0.2, 0.25) is 0 Å². The molecule has 0 saturated carbocycles. The van der Waals surface area contributed by atoms with Crippen LogP contribution in [-0.2, 0) is 11.3 Å². The van der Waals surface area contributed by atoms with Gasteiger partial charge in [0.25, 0.3) is 0 Å². The third kappa shape index (κ3) is 2.32. The van der Waals surface area contributed by atoms with Crippen molar-refractivity contribution in [3.05, 3.63) is 35.9 Å². The van der Waals surface area contributed by atoms with Gasteiger partial charge in [-0.05, 0) is 5.56 Å². The molecule has 1 fully saturated rings. The maximum absolute atomic E-state index is 9.48. The molecule has 2 rings (SSSR count). The Morgan fingerprint density at radius 3 is 2.71 bits per heavy atom. The largest absolute Gasteiger partial charge is 0.389 e. The second-order valence-electron chi connectivity index (χ2n) is 3.58. The molecule has 0 spiro atoms. The van der Waals surface area contributed by atoms with Crippen molar-refractivity contribution in [2.75, 3.05) is 13.2 Å². The van der Waals surface area contributed by atoms with Crippen molar-refractivity contribution in [2.24, 2.45) is 0 Å². The van der Waals surface area contributed by atoms with Crippen LogP contribution in [0.4, 0.5) is 0 Å². The summed E-state index contributed by atoms with van der Waals surface area (Å²) in [6.45, 7) is 1.84. The Bertz CT molecular complexity index is 276.